The van der Waals surface area contributed by atoms with Crippen molar-refractivity contribution in [1.29, 1.82) is 0 Å². The first-order valence-corrected chi connectivity index (χ1v) is 7.98. The highest BCUT2D eigenvalue weighted by molar-refractivity contribution is 5.34. The number of benzene rings is 1. The van der Waals surface area contributed by atoms with Gasteiger partial charge in [-0.3, -0.25) is 4.90 Å². The first-order valence-electron chi connectivity index (χ1n) is 7.98. The van der Waals surface area contributed by atoms with Crippen LogP contribution in [0.1, 0.15) is 42.1 Å². The van der Waals surface area contributed by atoms with Crippen molar-refractivity contribution in [3.8, 4) is 0 Å². The van der Waals surface area contributed by atoms with E-state index in [2.05, 4.69) is 12.1 Å². The molecule has 1 aliphatic rings. The van der Waals surface area contributed by atoms with Gasteiger partial charge in [-0.1, -0.05) is 24.6 Å². The number of hydrogen-bond acceptors (Lipinski definition) is 4. The second-order valence-corrected chi connectivity index (χ2v) is 5.85. The first kappa shape index (κ1) is 16.4. The van der Waals surface area contributed by atoms with Gasteiger partial charge in [-0.2, -0.15) is 0 Å². The van der Waals surface area contributed by atoms with Crippen LogP contribution in [0.4, 0.5) is 0 Å². The number of aryl methyl sites for hydroxylation is 2. The Morgan fingerprint density at radius 2 is 1.62 bits per heavy atom. The molecule has 2 rings (SSSR count). The molecule has 0 saturated carbocycles. The second-order valence-electron chi connectivity index (χ2n) is 5.85. The molecule has 4 nitrogen and oxygen atoms in total. The fourth-order valence-electron chi connectivity index (χ4n) is 3.06. The molecule has 0 spiro atoms. The quantitative estimate of drug-likeness (QED) is 0.663. The smallest absolute Gasteiger partial charge is 0.0917 e. The first-order chi connectivity index (χ1) is 10.2. The summed E-state index contributed by atoms with van der Waals surface area (Å²) in [6.45, 7) is 1.47. The fraction of sp³-hybridized carbons (Fsp3) is 0.647. The lowest BCUT2D eigenvalue weighted by atomic mass is 9.97. The molecule has 4 heteroatoms. The third-order valence-electron chi connectivity index (χ3n) is 4.27. The van der Waals surface area contributed by atoms with Crippen LogP contribution in [0.5, 0.6) is 0 Å². The lowest BCUT2D eigenvalue weighted by Crippen LogP contribution is -2.33. The normalized spacial score (nSPS) is 16.6. The van der Waals surface area contributed by atoms with E-state index >= 15 is 0 Å². The maximum absolute atomic E-state index is 10.4. The summed E-state index contributed by atoms with van der Waals surface area (Å²) in [5, 5.41) is 28.5. The number of rotatable bonds is 7. The highest BCUT2D eigenvalue weighted by Gasteiger charge is 2.15. The van der Waals surface area contributed by atoms with Crippen LogP contribution in [-0.2, 0) is 12.8 Å². The third kappa shape index (κ3) is 4.78. The van der Waals surface area contributed by atoms with Crippen LogP contribution >= 0.6 is 0 Å². The van der Waals surface area contributed by atoms with Gasteiger partial charge in [0, 0.05) is 19.6 Å². The molecule has 0 heterocycles. The zero-order chi connectivity index (χ0) is 15.1. The Hall–Kier alpha value is -0.940. The van der Waals surface area contributed by atoms with Crippen molar-refractivity contribution in [1.82, 2.24) is 4.90 Å². The van der Waals surface area contributed by atoms with Gasteiger partial charge in [0.25, 0.3) is 0 Å². The van der Waals surface area contributed by atoms with Crippen molar-refractivity contribution < 1.29 is 15.3 Å². The van der Waals surface area contributed by atoms with Crippen molar-refractivity contribution in [2.75, 3.05) is 32.8 Å². The van der Waals surface area contributed by atoms with Crippen LogP contribution in [0.2, 0.25) is 0 Å². The van der Waals surface area contributed by atoms with E-state index in [0.717, 1.165) is 18.4 Å². The van der Waals surface area contributed by atoms with Crippen LogP contribution in [0, 0.1) is 0 Å². The van der Waals surface area contributed by atoms with Crippen molar-refractivity contribution in [3.63, 3.8) is 0 Å². The Labute approximate surface area is 127 Å². The molecule has 1 aromatic rings. The zero-order valence-electron chi connectivity index (χ0n) is 12.7. The summed E-state index contributed by atoms with van der Waals surface area (Å²) in [5.41, 5.74) is 3.74. The highest BCUT2D eigenvalue weighted by Crippen LogP contribution is 2.24. The molecule has 21 heavy (non-hydrogen) atoms. The number of aliphatic hydroxyl groups excluding tert-OH is 3. The van der Waals surface area contributed by atoms with Crippen molar-refractivity contribution in [2.45, 2.75) is 38.2 Å². The fourth-order valence-corrected chi connectivity index (χ4v) is 3.06. The van der Waals surface area contributed by atoms with Crippen molar-refractivity contribution in [3.05, 3.63) is 34.9 Å². The summed E-state index contributed by atoms with van der Waals surface area (Å²) in [6, 6.07) is 6.31. The largest absolute Gasteiger partial charge is 0.395 e. The molecule has 0 radical (unpaired) electrons. The maximum atomic E-state index is 10.4. The standard InChI is InChI=1S/C17H27NO3/c19-10-8-18(9-11-20)13-17(21)16-7-6-14-4-2-1-3-5-15(14)12-16/h6-7,12,17,19-21H,1-5,8-11,13H2. The summed E-state index contributed by atoms with van der Waals surface area (Å²) in [4.78, 5) is 1.89. The van der Waals surface area contributed by atoms with E-state index in [0.29, 0.717) is 19.6 Å². The molecule has 0 aliphatic heterocycles. The minimum absolute atomic E-state index is 0.0386. The number of aliphatic hydroxyl groups is 3. The van der Waals surface area contributed by atoms with Gasteiger partial charge in [0.05, 0.1) is 19.3 Å². The van der Waals surface area contributed by atoms with Crippen LogP contribution in [-0.4, -0.2) is 53.1 Å². The van der Waals surface area contributed by atoms with Gasteiger partial charge in [0.15, 0.2) is 0 Å². The average molecular weight is 293 g/mol. The lowest BCUT2D eigenvalue weighted by molar-refractivity contribution is 0.0874. The predicted molar refractivity (Wildman–Crippen MR) is 83.3 cm³/mol. The maximum Gasteiger partial charge on any atom is 0.0917 e. The molecule has 0 amide bonds. The molecule has 0 aromatic heterocycles. The summed E-state index contributed by atoms with van der Waals surface area (Å²) >= 11 is 0. The minimum Gasteiger partial charge on any atom is -0.395 e. The van der Waals surface area contributed by atoms with Gasteiger partial charge >= 0.3 is 0 Å². The highest BCUT2D eigenvalue weighted by atomic mass is 16.3. The van der Waals surface area contributed by atoms with E-state index in [1.165, 1.54) is 30.4 Å². The van der Waals surface area contributed by atoms with Crippen molar-refractivity contribution in [2.24, 2.45) is 0 Å². The SMILES string of the molecule is OCCN(CCO)CC(O)c1ccc2c(c1)CCCCC2. The molecular weight excluding hydrogens is 266 g/mol. The average Bonchev–Trinajstić information content (AvgIpc) is 2.72. The zero-order valence-corrected chi connectivity index (χ0v) is 12.7. The topological polar surface area (TPSA) is 63.9 Å². The molecule has 0 fully saturated rings. The summed E-state index contributed by atoms with van der Waals surface area (Å²) in [5.74, 6) is 0. The van der Waals surface area contributed by atoms with Gasteiger partial charge in [0.1, 0.15) is 0 Å². The number of nitrogens with zero attached hydrogens (tertiary/aromatic N) is 1. The molecule has 0 saturated heterocycles. The van der Waals surface area contributed by atoms with E-state index < -0.39 is 6.10 Å². The lowest BCUT2D eigenvalue weighted by Gasteiger charge is -2.24. The van der Waals surface area contributed by atoms with E-state index in [1.807, 2.05) is 11.0 Å². The van der Waals surface area contributed by atoms with Gasteiger partial charge in [-0.25, -0.2) is 0 Å². The molecule has 1 aromatic carbocycles. The molecular formula is C17H27NO3. The molecule has 1 unspecified atom stereocenters. The monoisotopic (exact) mass is 293 g/mol. The predicted octanol–water partition coefficient (Wildman–Crippen LogP) is 1.28. The van der Waals surface area contributed by atoms with Crippen LogP contribution in [0.15, 0.2) is 18.2 Å². The Morgan fingerprint density at radius 1 is 0.952 bits per heavy atom. The molecule has 1 atom stereocenters. The van der Waals surface area contributed by atoms with E-state index in [1.54, 1.807) is 0 Å². The Bertz CT molecular complexity index is 430. The Balaban J connectivity index is 2.04. The molecule has 0 bridgehead atoms. The van der Waals surface area contributed by atoms with E-state index in [4.69, 9.17) is 10.2 Å². The molecule has 118 valence electrons. The summed E-state index contributed by atoms with van der Waals surface area (Å²) in [6.07, 6.45) is 5.45. The van der Waals surface area contributed by atoms with Gasteiger partial charge < -0.3 is 15.3 Å². The van der Waals surface area contributed by atoms with Gasteiger partial charge in [-0.05, 0) is 42.4 Å². The Morgan fingerprint density at radius 3 is 2.29 bits per heavy atom. The molecule has 1 aliphatic carbocycles. The number of hydrogen-bond donors (Lipinski definition) is 3. The summed E-state index contributed by atoms with van der Waals surface area (Å²) in [7, 11) is 0. The van der Waals surface area contributed by atoms with Gasteiger partial charge in [0.2, 0.25) is 0 Å². The Kier molecular flexibility index (Phi) is 6.64. The second kappa shape index (κ2) is 8.49. The number of fused-ring (bicyclic) bond motifs is 1. The van der Waals surface area contributed by atoms with E-state index in [-0.39, 0.29) is 13.2 Å². The molecule has 3 N–H and O–H groups in total. The van der Waals surface area contributed by atoms with Crippen LogP contribution in [0.25, 0.3) is 0 Å². The van der Waals surface area contributed by atoms with E-state index in [9.17, 15) is 5.11 Å². The van der Waals surface area contributed by atoms with Gasteiger partial charge in [-0.15, -0.1) is 0 Å². The van der Waals surface area contributed by atoms with Crippen LogP contribution < -0.4 is 0 Å². The third-order valence-corrected chi connectivity index (χ3v) is 4.27. The summed E-state index contributed by atoms with van der Waals surface area (Å²) < 4.78 is 0. The minimum atomic E-state index is -0.573. The van der Waals surface area contributed by atoms with Crippen molar-refractivity contribution >= 4 is 0 Å². The van der Waals surface area contributed by atoms with Crippen LogP contribution in [0.3, 0.4) is 0 Å².